The number of nitrogens with zero attached hydrogens (tertiary/aromatic N) is 1. The van der Waals surface area contributed by atoms with E-state index < -0.39 is 0 Å². The van der Waals surface area contributed by atoms with Crippen molar-refractivity contribution >= 4 is 11.6 Å². The van der Waals surface area contributed by atoms with Crippen LogP contribution in [0.3, 0.4) is 0 Å². The number of anilines is 1. The molecule has 1 aliphatic rings. The quantitative estimate of drug-likeness (QED) is 0.850. The van der Waals surface area contributed by atoms with Crippen LogP contribution in [0.25, 0.3) is 0 Å². The minimum atomic E-state index is 0.0669. The summed E-state index contributed by atoms with van der Waals surface area (Å²) in [6, 6.07) is 7.69. The Balaban J connectivity index is 1.80. The van der Waals surface area contributed by atoms with Crippen molar-refractivity contribution in [2.45, 2.75) is 26.3 Å². The number of hydrogen-bond donors (Lipinski definition) is 2. The van der Waals surface area contributed by atoms with E-state index in [2.05, 4.69) is 17.1 Å². The number of amides is 1. The van der Waals surface area contributed by atoms with E-state index in [0.29, 0.717) is 13.1 Å². The maximum atomic E-state index is 11.9. The molecule has 0 spiro atoms. The fourth-order valence-corrected chi connectivity index (χ4v) is 2.52. The van der Waals surface area contributed by atoms with Crippen LogP contribution >= 0.6 is 0 Å². The number of benzene rings is 1. The van der Waals surface area contributed by atoms with Crippen molar-refractivity contribution in [2.24, 2.45) is 11.7 Å². The van der Waals surface area contributed by atoms with E-state index >= 15 is 0 Å². The molecule has 0 saturated carbocycles. The monoisotopic (exact) mass is 261 g/mol. The zero-order valence-corrected chi connectivity index (χ0v) is 11.6. The Morgan fingerprint density at radius 1 is 1.42 bits per heavy atom. The highest BCUT2D eigenvalue weighted by Crippen LogP contribution is 2.18. The van der Waals surface area contributed by atoms with Crippen LogP contribution in [0.15, 0.2) is 24.3 Å². The first-order chi connectivity index (χ1) is 9.21. The van der Waals surface area contributed by atoms with Crippen LogP contribution < -0.4 is 11.1 Å². The molecular weight excluding hydrogens is 238 g/mol. The molecule has 3 N–H and O–H groups in total. The SMILES string of the molecule is CCC1CCN(CC(=O)Nc2ccc(CN)cc2)C1. The van der Waals surface area contributed by atoms with Crippen LogP contribution in [0, 0.1) is 5.92 Å². The van der Waals surface area contributed by atoms with Crippen LogP contribution in [0.2, 0.25) is 0 Å². The molecule has 0 bridgehead atoms. The van der Waals surface area contributed by atoms with Crippen LogP contribution in [-0.4, -0.2) is 30.4 Å². The minimum absolute atomic E-state index is 0.0669. The number of nitrogens with one attached hydrogen (secondary N) is 1. The number of nitrogens with two attached hydrogens (primary N) is 1. The fourth-order valence-electron chi connectivity index (χ4n) is 2.52. The van der Waals surface area contributed by atoms with E-state index in [1.54, 1.807) is 0 Å². The van der Waals surface area contributed by atoms with Gasteiger partial charge in [0.2, 0.25) is 5.91 Å². The predicted molar refractivity (Wildman–Crippen MR) is 77.8 cm³/mol. The second kappa shape index (κ2) is 6.68. The second-order valence-corrected chi connectivity index (χ2v) is 5.25. The summed E-state index contributed by atoms with van der Waals surface area (Å²) in [7, 11) is 0. The Labute approximate surface area is 115 Å². The summed E-state index contributed by atoms with van der Waals surface area (Å²) in [6.45, 7) is 5.33. The lowest BCUT2D eigenvalue weighted by atomic mass is 10.1. The van der Waals surface area contributed by atoms with Gasteiger partial charge in [-0.05, 0) is 36.6 Å². The van der Waals surface area contributed by atoms with Crippen molar-refractivity contribution in [3.05, 3.63) is 29.8 Å². The van der Waals surface area contributed by atoms with Gasteiger partial charge in [-0.2, -0.15) is 0 Å². The first-order valence-electron chi connectivity index (χ1n) is 7.02. The van der Waals surface area contributed by atoms with Crippen molar-refractivity contribution in [3.63, 3.8) is 0 Å². The number of carbonyl (C=O) groups is 1. The van der Waals surface area contributed by atoms with Gasteiger partial charge in [0, 0.05) is 18.8 Å². The number of likely N-dealkylation sites (tertiary alicyclic amines) is 1. The van der Waals surface area contributed by atoms with Crippen LogP contribution in [0.1, 0.15) is 25.3 Å². The van der Waals surface area contributed by atoms with Crippen molar-refractivity contribution in [3.8, 4) is 0 Å². The third-order valence-electron chi connectivity index (χ3n) is 3.79. The molecule has 1 heterocycles. The zero-order valence-electron chi connectivity index (χ0n) is 11.6. The van der Waals surface area contributed by atoms with Gasteiger partial charge in [0.05, 0.1) is 6.54 Å². The number of rotatable bonds is 5. The van der Waals surface area contributed by atoms with Crippen LogP contribution in [-0.2, 0) is 11.3 Å². The third kappa shape index (κ3) is 4.04. The molecule has 4 heteroatoms. The highest BCUT2D eigenvalue weighted by molar-refractivity contribution is 5.92. The van der Waals surface area contributed by atoms with E-state index in [4.69, 9.17) is 5.73 Å². The molecule has 1 aromatic rings. The van der Waals surface area contributed by atoms with Gasteiger partial charge in [-0.3, -0.25) is 9.69 Å². The van der Waals surface area contributed by atoms with E-state index in [1.807, 2.05) is 24.3 Å². The summed E-state index contributed by atoms with van der Waals surface area (Å²) in [5.41, 5.74) is 7.46. The molecule has 19 heavy (non-hydrogen) atoms. The molecule has 0 aliphatic carbocycles. The van der Waals surface area contributed by atoms with Gasteiger partial charge >= 0.3 is 0 Å². The van der Waals surface area contributed by atoms with Crippen molar-refractivity contribution in [1.82, 2.24) is 4.90 Å². The molecule has 104 valence electrons. The van der Waals surface area contributed by atoms with E-state index in [1.165, 1.54) is 12.8 Å². The van der Waals surface area contributed by atoms with Crippen LogP contribution in [0.5, 0.6) is 0 Å². The molecule has 0 aromatic heterocycles. The molecule has 2 rings (SSSR count). The van der Waals surface area contributed by atoms with Gasteiger partial charge in [-0.1, -0.05) is 25.5 Å². The molecule has 1 atom stereocenters. The minimum Gasteiger partial charge on any atom is -0.326 e. The molecule has 1 aliphatic heterocycles. The highest BCUT2D eigenvalue weighted by atomic mass is 16.2. The fraction of sp³-hybridized carbons (Fsp3) is 0.533. The number of hydrogen-bond acceptors (Lipinski definition) is 3. The maximum Gasteiger partial charge on any atom is 0.238 e. The van der Waals surface area contributed by atoms with E-state index in [0.717, 1.165) is 30.3 Å². The van der Waals surface area contributed by atoms with Gasteiger partial charge in [-0.25, -0.2) is 0 Å². The lowest BCUT2D eigenvalue weighted by Gasteiger charge is -2.15. The average Bonchev–Trinajstić information content (AvgIpc) is 2.87. The molecule has 1 unspecified atom stereocenters. The largest absolute Gasteiger partial charge is 0.326 e. The van der Waals surface area contributed by atoms with Crippen molar-refractivity contribution < 1.29 is 4.79 Å². The summed E-state index contributed by atoms with van der Waals surface area (Å²) in [5, 5.41) is 2.93. The summed E-state index contributed by atoms with van der Waals surface area (Å²) < 4.78 is 0. The number of carbonyl (C=O) groups excluding carboxylic acids is 1. The Morgan fingerprint density at radius 3 is 2.74 bits per heavy atom. The van der Waals surface area contributed by atoms with Gasteiger partial charge in [0.25, 0.3) is 0 Å². The van der Waals surface area contributed by atoms with E-state index in [-0.39, 0.29) is 5.91 Å². The first-order valence-corrected chi connectivity index (χ1v) is 7.02. The second-order valence-electron chi connectivity index (χ2n) is 5.25. The Morgan fingerprint density at radius 2 is 2.16 bits per heavy atom. The lowest BCUT2D eigenvalue weighted by Crippen LogP contribution is -2.31. The standard InChI is InChI=1S/C15H23N3O/c1-2-12-7-8-18(10-12)11-15(19)17-14-5-3-13(9-16)4-6-14/h3-6,12H,2,7-11,16H2,1H3,(H,17,19). The summed E-state index contributed by atoms with van der Waals surface area (Å²) in [6.07, 6.45) is 2.42. The Hall–Kier alpha value is -1.39. The van der Waals surface area contributed by atoms with E-state index in [9.17, 15) is 4.79 Å². The normalized spacial score (nSPS) is 19.6. The molecule has 0 radical (unpaired) electrons. The molecule has 4 nitrogen and oxygen atoms in total. The third-order valence-corrected chi connectivity index (χ3v) is 3.79. The highest BCUT2D eigenvalue weighted by Gasteiger charge is 2.22. The Bertz CT molecular complexity index is 416. The van der Waals surface area contributed by atoms with Crippen molar-refractivity contribution in [2.75, 3.05) is 25.0 Å². The molecule has 1 amide bonds. The maximum absolute atomic E-state index is 11.9. The van der Waals surface area contributed by atoms with Gasteiger partial charge in [0.15, 0.2) is 0 Å². The summed E-state index contributed by atoms with van der Waals surface area (Å²) in [5.74, 6) is 0.828. The van der Waals surface area contributed by atoms with Gasteiger partial charge < -0.3 is 11.1 Å². The molecule has 1 saturated heterocycles. The average molecular weight is 261 g/mol. The van der Waals surface area contributed by atoms with Crippen molar-refractivity contribution in [1.29, 1.82) is 0 Å². The first kappa shape index (κ1) is 14.0. The molecule has 1 aromatic carbocycles. The summed E-state index contributed by atoms with van der Waals surface area (Å²) in [4.78, 5) is 14.2. The topological polar surface area (TPSA) is 58.4 Å². The van der Waals surface area contributed by atoms with Crippen LogP contribution in [0.4, 0.5) is 5.69 Å². The zero-order chi connectivity index (χ0) is 13.7. The van der Waals surface area contributed by atoms with Gasteiger partial charge in [0.1, 0.15) is 0 Å². The summed E-state index contributed by atoms with van der Waals surface area (Å²) >= 11 is 0. The van der Waals surface area contributed by atoms with Gasteiger partial charge in [-0.15, -0.1) is 0 Å². The Kier molecular flexibility index (Phi) is 4.93. The lowest BCUT2D eigenvalue weighted by molar-refractivity contribution is -0.117. The molecule has 1 fully saturated rings. The smallest absolute Gasteiger partial charge is 0.238 e. The predicted octanol–water partition coefficient (Wildman–Crippen LogP) is 1.82. The molecular formula is C15H23N3O.